The molecule has 0 fully saturated rings. The molecule has 1 atom stereocenters. The molecule has 2 aromatic rings. The molecule has 0 bridgehead atoms. The van der Waals surface area contributed by atoms with E-state index >= 15 is 0 Å². The van der Waals surface area contributed by atoms with Crippen molar-refractivity contribution in [3.63, 3.8) is 0 Å². The molecule has 0 saturated heterocycles. The maximum absolute atomic E-state index is 13.5. The highest BCUT2D eigenvalue weighted by Gasteiger charge is 2.08. The van der Waals surface area contributed by atoms with E-state index in [1.807, 2.05) is 0 Å². The number of nitrogens with zero attached hydrogens (tertiary/aromatic N) is 2. The number of benzene rings is 1. The van der Waals surface area contributed by atoms with Crippen molar-refractivity contribution in [2.45, 2.75) is 19.5 Å². The molecular weight excluding hydrogens is 280 g/mol. The van der Waals surface area contributed by atoms with Gasteiger partial charge in [-0.1, -0.05) is 0 Å². The summed E-state index contributed by atoms with van der Waals surface area (Å²) in [6.07, 6.45) is 1.33. The van der Waals surface area contributed by atoms with Gasteiger partial charge in [-0.25, -0.2) is 13.5 Å². The number of aromatic nitrogens is 2. The van der Waals surface area contributed by atoms with Gasteiger partial charge in [0.2, 0.25) is 0 Å². The van der Waals surface area contributed by atoms with E-state index in [1.165, 1.54) is 12.3 Å². The Morgan fingerprint density at radius 2 is 2.14 bits per heavy atom. The SMILES string of the molecule is CC(N)COc1cnn(Cc2cc(F)ccc2F)c(=O)c1. The van der Waals surface area contributed by atoms with E-state index in [1.54, 1.807) is 6.92 Å². The van der Waals surface area contributed by atoms with Crippen LogP contribution in [0.15, 0.2) is 35.3 Å². The molecule has 1 unspecified atom stereocenters. The van der Waals surface area contributed by atoms with Crippen molar-refractivity contribution in [1.82, 2.24) is 9.78 Å². The Morgan fingerprint density at radius 1 is 1.38 bits per heavy atom. The smallest absolute Gasteiger partial charge is 0.270 e. The lowest BCUT2D eigenvalue weighted by molar-refractivity contribution is 0.293. The first-order chi connectivity index (χ1) is 9.95. The summed E-state index contributed by atoms with van der Waals surface area (Å²) in [5.74, 6) is -0.882. The van der Waals surface area contributed by atoms with Crippen molar-refractivity contribution in [3.05, 3.63) is 58.0 Å². The molecule has 112 valence electrons. The largest absolute Gasteiger partial charge is 0.490 e. The van der Waals surface area contributed by atoms with Crippen LogP contribution in [0.25, 0.3) is 0 Å². The van der Waals surface area contributed by atoms with Gasteiger partial charge in [-0.3, -0.25) is 4.79 Å². The van der Waals surface area contributed by atoms with E-state index in [2.05, 4.69) is 5.10 Å². The number of nitrogens with two attached hydrogens (primary N) is 1. The van der Waals surface area contributed by atoms with Crippen LogP contribution >= 0.6 is 0 Å². The Bertz CT molecular complexity index is 686. The van der Waals surface area contributed by atoms with Gasteiger partial charge in [-0.05, 0) is 25.1 Å². The number of ether oxygens (including phenoxy) is 1. The van der Waals surface area contributed by atoms with E-state index in [9.17, 15) is 13.6 Å². The topological polar surface area (TPSA) is 70.1 Å². The molecule has 5 nitrogen and oxygen atoms in total. The monoisotopic (exact) mass is 295 g/mol. The molecule has 0 aliphatic rings. The van der Waals surface area contributed by atoms with Gasteiger partial charge in [0.1, 0.15) is 24.0 Å². The van der Waals surface area contributed by atoms with E-state index in [-0.39, 0.29) is 30.5 Å². The molecule has 0 aliphatic heterocycles. The lowest BCUT2D eigenvalue weighted by atomic mass is 10.2. The molecule has 1 aromatic heterocycles. The predicted octanol–water partition coefficient (Wildman–Crippen LogP) is 1.30. The molecule has 1 heterocycles. The van der Waals surface area contributed by atoms with Crippen LogP contribution in [0, 0.1) is 11.6 Å². The number of hydrogen-bond donors (Lipinski definition) is 1. The zero-order valence-electron chi connectivity index (χ0n) is 11.4. The van der Waals surface area contributed by atoms with Gasteiger partial charge in [0.05, 0.1) is 12.7 Å². The Morgan fingerprint density at radius 3 is 2.81 bits per heavy atom. The molecule has 1 aromatic carbocycles. The van der Waals surface area contributed by atoms with E-state index in [4.69, 9.17) is 10.5 Å². The summed E-state index contributed by atoms with van der Waals surface area (Å²) in [5, 5.41) is 3.87. The highest BCUT2D eigenvalue weighted by molar-refractivity contribution is 5.20. The quantitative estimate of drug-likeness (QED) is 0.902. The normalized spacial score (nSPS) is 12.2. The second-order valence-electron chi connectivity index (χ2n) is 4.71. The third kappa shape index (κ3) is 4.09. The average molecular weight is 295 g/mol. The van der Waals surface area contributed by atoms with Crippen molar-refractivity contribution in [1.29, 1.82) is 0 Å². The first kappa shape index (κ1) is 15.1. The molecule has 21 heavy (non-hydrogen) atoms. The first-order valence-electron chi connectivity index (χ1n) is 6.35. The first-order valence-corrected chi connectivity index (χ1v) is 6.35. The van der Waals surface area contributed by atoms with Crippen molar-refractivity contribution in [2.24, 2.45) is 5.73 Å². The lowest BCUT2D eigenvalue weighted by Crippen LogP contribution is -2.26. The van der Waals surface area contributed by atoms with E-state index < -0.39 is 17.2 Å². The third-order valence-electron chi connectivity index (χ3n) is 2.69. The minimum Gasteiger partial charge on any atom is -0.490 e. The molecule has 0 amide bonds. The zero-order chi connectivity index (χ0) is 15.4. The Balaban J connectivity index is 2.18. The Kier molecular flexibility index (Phi) is 4.64. The van der Waals surface area contributed by atoms with Gasteiger partial charge in [-0.2, -0.15) is 5.10 Å². The van der Waals surface area contributed by atoms with Crippen LogP contribution in [0.1, 0.15) is 12.5 Å². The molecule has 2 rings (SSSR count). The fourth-order valence-corrected chi connectivity index (χ4v) is 1.67. The summed E-state index contributed by atoms with van der Waals surface area (Å²) < 4.78 is 32.9. The summed E-state index contributed by atoms with van der Waals surface area (Å²) >= 11 is 0. The molecule has 7 heteroatoms. The van der Waals surface area contributed by atoms with Gasteiger partial charge in [0.25, 0.3) is 5.56 Å². The maximum Gasteiger partial charge on any atom is 0.270 e. The summed E-state index contributed by atoms with van der Waals surface area (Å²) in [4.78, 5) is 11.9. The fraction of sp³-hybridized carbons (Fsp3) is 0.286. The second-order valence-corrected chi connectivity index (χ2v) is 4.71. The van der Waals surface area contributed by atoms with Crippen LogP contribution in [0.2, 0.25) is 0 Å². The van der Waals surface area contributed by atoms with E-state index in [0.29, 0.717) is 0 Å². The molecule has 2 N–H and O–H groups in total. The van der Waals surface area contributed by atoms with Crippen molar-refractivity contribution >= 4 is 0 Å². The van der Waals surface area contributed by atoms with Gasteiger partial charge in [-0.15, -0.1) is 0 Å². The lowest BCUT2D eigenvalue weighted by Gasteiger charge is -2.10. The van der Waals surface area contributed by atoms with Crippen LogP contribution in [-0.4, -0.2) is 22.4 Å². The predicted molar refractivity (Wildman–Crippen MR) is 73.1 cm³/mol. The second kappa shape index (κ2) is 6.45. The third-order valence-corrected chi connectivity index (χ3v) is 2.69. The highest BCUT2D eigenvalue weighted by Crippen LogP contribution is 2.11. The molecule has 0 aliphatic carbocycles. The van der Waals surface area contributed by atoms with Gasteiger partial charge < -0.3 is 10.5 Å². The maximum atomic E-state index is 13.5. The minimum atomic E-state index is -0.595. The van der Waals surface area contributed by atoms with Crippen LogP contribution in [0.4, 0.5) is 8.78 Å². The van der Waals surface area contributed by atoms with Gasteiger partial charge in [0, 0.05) is 17.7 Å². The van der Waals surface area contributed by atoms with Crippen LogP contribution < -0.4 is 16.0 Å². The van der Waals surface area contributed by atoms with Crippen molar-refractivity contribution < 1.29 is 13.5 Å². The number of halogens is 2. The van der Waals surface area contributed by atoms with Crippen molar-refractivity contribution in [3.8, 4) is 5.75 Å². The summed E-state index contributed by atoms with van der Waals surface area (Å²) in [6, 6.07) is 4.11. The van der Waals surface area contributed by atoms with Crippen LogP contribution in [-0.2, 0) is 6.54 Å². The minimum absolute atomic E-state index is 0.0499. The average Bonchev–Trinajstić information content (AvgIpc) is 2.43. The highest BCUT2D eigenvalue weighted by atomic mass is 19.1. The van der Waals surface area contributed by atoms with Gasteiger partial charge in [0.15, 0.2) is 0 Å². The van der Waals surface area contributed by atoms with Crippen molar-refractivity contribution in [2.75, 3.05) is 6.61 Å². The van der Waals surface area contributed by atoms with Crippen LogP contribution in [0.3, 0.4) is 0 Å². The van der Waals surface area contributed by atoms with Gasteiger partial charge >= 0.3 is 0 Å². The molecule has 0 spiro atoms. The fourth-order valence-electron chi connectivity index (χ4n) is 1.67. The standard InChI is InChI=1S/C14H15F2N3O2/c1-9(17)8-21-12-5-14(20)19(18-6-12)7-10-4-11(15)2-3-13(10)16/h2-6,9H,7-8,17H2,1H3. The molecule has 0 radical (unpaired) electrons. The zero-order valence-corrected chi connectivity index (χ0v) is 11.4. The summed E-state index contributed by atoms with van der Waals surface area (Å²) in [5.41, 5.74) is 5.11. The van der Waals surface area contributed by atoms with Crippen LogP contribution in [0.5, 0.6) is 5.75 Å². The number of rotatable bonds is 5. The van der Waals surface area contributed by atoms with E-state index in [0.717, 1.165) is 22.9 Å². The Labute approximate surface area is 120 Å². The number of hydrogen-bond acceptors (Lipinski definition) is 4. The molecular formula is C14H15F2N3O2. The Hall–Kier alpha value is -2.28. The summed E-state index contributed by atoms with van der Waals surface area (Å²) in [6.45, 7) is 1.86. The summed E-state index contributed by atoms with van der Waals surface area (Å²) in [7, 11) is 0. The molecule has 0 saturated carbocycles.